The molecule has 6 nitrogen and oxygen atoms in total. The summed E-state index contributed by atoms with van der Waals surface area (Å²) in [5.41, 5.74) is -2.88. The van der Waals surface area contributed by atoms with Crippen LogP contribution in [-0.4, -0.2) is 37.8 Å². The van der Waals surface area contributed by atoms with Crippen molar-refractivity contribution < 1.29 is 32.2 Å². The van der Waals surface area contributed by atoms with Crippen molar-refractivity contribution in [2.75, 3.05) is 6.61 Å². The molecule has 11 heteroatoms. The van der Waals surface area contributed by atoms with Gasteiger partial charge in [0, 0.05) is 29.4 Å². The summed E-state index contributed by atoms with van der Waals surface area (Å²) in [4.78, 5) is 12.6. The van der Waals surface area contributed by atoms with Crippen LogP contribution in [0.1, 0.15) is 32.9 Å². The highest BCUT2D eigenvalue weighted by Crippen LogP contribution is 2.40. The smallest absolute Gasteiger partial charge is 0.433 e. The molecule has 0 unspecified atom stereocenters. The molecule has 0 bridgehead atoms. The lowest BCUT2D eigenvalue weighted by atomic mass is 10.1. The number of ether oxygens (including phenoxy) is 1. The molecule has 0 fully saturated rings. The fourth-order valence-corrected chi connectivity index (χ4v) is 3.62. The van der Waals surface area contributed by atoms with Crippen molar-refractivity contribution in [1.29, 1.82) is 0 Å². The average Bonchev–Trinajstić information content (AvgIpc) is 3.30. The summed E-state index contributed by atoms with van der Waals surface area (Å²) in [6, 6.07) is 5.20. The molecule has 0 aliphatic heterocycles. The van der Waals surface area contributed by atoms with Crippen LogP contribution < -0.4 is 0 Å². The Labute approximate surface area is 192 Å². The first-order chi connectivity index (χ1) is 15.3. The Kier molecular flexibility index (Phi) is 6.90. The van der Waals surface area contributed by atoms with E-state index in [0.29, 0.717) is 0 Å². The molecule has 0 spiro atoms. The van der Waals surface area contributed by atoms with E-state index in [9.17, 15) is 27.5 Å². The SMILES string of the molecule is CCOC(=O)n1cc(-c2c(F)cccc2Cl)cc1-c1cnn(CCC(C)(C)O)c1C(F)(F)F. The maximum Gasteiger partial charge on any atom is 0.433 e. The van der Waals surface area contributed by atoms with Crippen LogP contribution in [0.4, 0.5) is 22.4 Å². The number of nitrogens with zero attached hydrogens (tertiary/aromatic N) is 3. The van der Waals surface area contributed by atoms with Crippen molar-refractivity contribution >= 4 is 17.7 Å². The van der Waals surface area contributed by atoms with Crippen LogP contribution in [0.5, 0.6) is 0 Å². The maximum absolute atomic E-state index is 14.5. The van der Waals surface area contributed by atoms with E-state index in [1.807, 2.05) is 0 Å². The van der Waals surface area contributed by atoms with Gasteiger partial charge >= 0.3 is 12.3 Å². The van der Waals surface area contributed by atoms with Gasteiger partial charge in [0.15, 0.2) is 5.69 Å². The van der Waals surface area contributed by atoms with Gasteiger partial charge in [-0.2, -0.15) is 18.3 Å². The van der Waals surface area contributed by atoms with Gasteiger partial charge in [-0.15, -0.1) is 0 Å². The molecule has 0 saturated heterocycles. The monoisotopic (exact) mass is 487 g/mol. The van der Waals surface area contributed by atoms with Gasteiger partial charge in [-0.1, -0.05) is 17.7 Å². The third-order valence-corrected chi connectivity index (χ3v) is 5.17. The molecule has 1 aromatic carbocycles. The molecular weight excluding hydrogens is 466 g/mol. The van der Waals surface area contributed by atoms with E-state index in [-0.39, 0.29) is 41.4 Å². The summed E-state index contributed by atoms with van der Waals surface area (Å²) in [5.74, 6) is -0.702. The Hall–Kier alpha value is -2.85. The van der Waals surface area contributed by atoms with E-state index >= 15 is 0 Å². The zero-order valence-electron chi connectivity index (χ0n) is 18.1. The Balaban J connectivity index is 2.22. The zero-order valence-corrected chi connectivity index (χ0v) is 18.8. The maximum atomic E-state index is 14.5. The van der Waals surface area contributed by atoms with E-state index < -0.39 is 34.9 Å². The molecule has 0 aliphatic carbocycles. The number of aliphatic hydroxyl groups is 1. The quantitative estimate of drug-likeness (QED) is 0.433. The highest BCUT2D eigenvalue weighted by atomic mass is 35.5. The third-order valence-electron chi connectivity index (χ3n) is 4.86. The number of carbonyl (C=O) groups is 1. The molecule has 0 aliphatic rings. The molecule has 0 radical (unpaired) electrons. The first kappa shape index (κ1) is 24.8. The van der Waals surface area contributed by atoms with Crippen LogP contribution in [0.2, 0.25) is 5.02 Å². The first-order valence-electron chi connectivity index (χ1n) is 10.0. The third kappa shape index (κ3) is 5.39. The minimum absolute atomic E-state index is 0.00612. The summed E-state index contributed by atoms with van der Waals surface area (Å²) in [6.07, 6.45) is -3.61. The largest absolute Gasteiger partial charge is 0.449 e. The summed E-state index contributed by atoms with van der Waals surface area (Å²) < 4.78 is 63.2. The molecule has 33 heavy (non-hydrogen) atoms. The lowest BCUT2D eigenvalue weighted by molar-refractivity contribution is -0.144. The van der Waals surface area contributed by atoms with Gasteiger partial charge in [0.05, 0.1) is 29.1 Å². The first-order valence-corrected chi connectivity index (χ1v) is 10.4. The lowest BCUT2D eigenvalue weighted by Crippen LogP contribution is -2.24. The van der Waals surface area contributed by atoms with Gasteiger partial charge < -0.3 is 9.84 Å². The van der Waals surface area contributed by atoms with Crippen molar-refractivity contribution in [3.63, 3.8) is 0 Å². The minimum atomic E-state index is -4.83. The van der Waals surface area contributed by atoms with Gasteiger partial charge in [-0.25, -0.2) is 9.18 Å². The minimum Gasteiger partial charge on any atom is -0.449 e. The van der Waals surface area contributed by atoms with Crippen LogP contribution in [0, 0.1) is 5.82 Å². The van der Waals surface area contributed by atoms with Crippen molar-refractivity contribution in [3.8, 4) is 22.4 Å². The molecule has 3 rings (SSSR count). The number of hydrogen-bond donors (Lipinski definition) is 1. The molecule has 2 heterocycles. The average molecular weight is 488 g/mol. The molecule has 2 aromatic heterocycles. The number of carbonyl (C=O) groups excluding carboxylic acids is 1. The van der Waals surface area contributed by atoms with E-state index in [0.717, 1.165) is 21.5 Å². The molecular formula is C22H22ClF4N3O3. The predicted octanol–water partition coefficient (Wildman–Crippen LogP) is 6.00. The Bertz CT molecular complexity index is 1140. The Morgan fingerprint density at radius 1 is 1.27 bits per heavy atom. The molecule has 0 amide bonds. The fourth-order valence-electron chi connectivity index (χ4n) is 3.35. The highest BCUT2D eigenvalue weighted by Gasteiger charge is 2.40. The van der Waals surface area contributed by atoms with E-state index in [1.165, 1.54) is 38.2 Å². The molecule has 1 N–H and O–H groups in total. The number of hydrogen-bond acceptors (Lipinski definition) is 4. The normalized spacial score (nSPS) is 12.3. The summed E-state index contributed by atoms with van der Waals surface area (Å²) in [5, 5.41) is 13.8. The van der Waals surface area contributed by atoms with Crippen molar-refractivity contribution in [3.05, 3.63) is 53.2 Å². The topological polar surface area (TPSA) is 69.3 Å². The van der Waals surface area contributed by atoms with E-state index in [2.05, 4.69) is 5.10 Å². The fraction of sp³-hybridized carbons (Fsp3) is 0.364. The highest BCUT2D eigenvalue weighted by molar-refractivity contribution is 6.33. The molecule has 0 saturated carbocycles. The second-order valence-corrected chi connectivity index (χ2v) is 8.38. The number of aryl methyl sites for hydroxylation is 1. The van der Waals surface area contributed by atoms with Crippen LogP contribution in [0.15, 0.2) is 36.7 Å². The predicted molar refractivity (Wildman–Crippen MR) is 114 cm³/mol. The van der Waals surface area contributed by atoms with Crippen LogP contribution in [-0.2, 0) is 17.5 Å². The molecule has 3 aromatic rings. The number of alkyl halides is 3. The second kappa shape index (κ2) is 9.18. The Morgan fingerprint density at radius 3 is 2.55 bits per heavy atom. The number of rotatable bonds is 6. The number of halogens is 5. The summed E-state index contributed by atoms with van der Waals surface area (Å²) >= 11 is 6.12. The van der Waals surface area contributed by atoms with E-state index in [4.69, 9.17) is 16.3 Å². The van der Waals surface area contributed by atoms with Crippen molar-refractivity contribution in [1.82, 2.24) is 14.3 Å². The van der Waals surface area contributed by atoms with Crippen molar-refractivity contribution in [2.45, 2.75) is 45.5 Å². The van der Waals surface area contributed by atoms with Crippen LogP contribution >= 0.6 is 11.6 Å². The van der Waals surface area contributed by atoms with Crippen LogP contribution in [0.25, 0.3) is 22.4 Å². The van der Waals surface area contributed by atoms with Crippen molar-refractivity contribution in [2.24, 2.45) is 0 Å². The molecule has 0 atom stereocenters. The van der Waals surface area contributed by atoms with Gasteiger partial charge in [0.2, 0.25) is 0 Å². The van der Waals surface area contributed by atoms with Gasteiger partial charge in [-0.05, 0) is 45.4 Å². The number of aromatic nitrogens is 3. The van der Waals surface area contributed by atoms with Gasteiger partial charge in [0.1, 0.15) is 5.82 Å². The standard InChI is InChI=1S/C22H22ClF4N3O3/c1-4-33-20(31)29-12-13(18-15(23)6-5-7-16(18)24)10-17(29)14-11-28-30(9-8-21(2,3)32)19(14)22(25,26)27/h5-7,10-12,32H,4,8-9H2,1-3H3. The van der Waals surface area contributed by atoms with Gasteiger partial charge in [-0.3, -0.25) is 9.25 Å². The summed E-state index contributed by atoms with van der Waals surface area (Å²) in [6.45, 7) is 4.25. The Morgan fingerprint density at radius 2 is 1.97 bits per heavy atom. The second-order valence-electron chi connectivity index (χ2n) is 7.97. The van der Waals surface area contributed by atoms with E-state index in [1.54, 1.807) is 6.92 Å². The lowest BCUT2D eigenvalue weighted by Gasteiger charge is -2.19. The van der Waals surface area contributed by atoms with Gasteiger partial charge in [0.25, 0.3) is 0 Å². The van der Waals surface area contributed by atoms with Crippen LogP contribution in [0.3, 0.4) is 0 Å². The number of benzene rings is 1. The molecule has 178 valence electrons. The zero-order chi connectivity index (χ0) is 24.6. The summed E-state index contributed by atoms with van der Waals surface area (Å²) in [7, 11) is 0.